The molecule has 2 N–H and O–H groups in total. The molecule has 8 heteroatoms. The maximum absolute atomic E-state index is 9.75. The zero-order valence-corrected chi connectivity index (χ0v) is 18.0. The minimum atomic E-state index is 0.0251. The summed E-state index contributed by atoms with van der Waals surface area (Å²) in [5.41, 5.74) is 8.72. The second-order valence-corrected chi connectivity index (χ2v) is 8.72. The fourth-order valence-electron chi connectivity index (χ4n) is 4.42. The number of ether oxygens (including phenoxy) is 1. The average Bonchev–Trinajstić information content (AvgIpc) is 2.99. The number of piperidine rings is 1. The van der Waals surface area contributed by atoms with Gasteiger partial charge in [0.2, 0.25) is 5.95 Å². The van der Waals surface area contributed by atoms with Crippen molar-refractivity contribution >= 4 is 29.2 Å². The van der Waals surface area contributed by atoms with Gasteiger partial charge in [0.1, 0.15) is 6.07 Å². The van der Waals surface area contributed by atoms with Gasteiger partial charge in [0.05, 0.1) is 28.5 Å². The summed E-state index contributed by atoms with van der Waals surface area (Å²) in [5.74, 6) is 0.566. The highest BCUT2D eigenvalue weighted by Gasteiger charge is 2.47. The predicted molar refractivity (Wildman–Crippen MR) is 114 cm³/mol. The van der Waals surface area contributed by atoms with Crippen molar-refractivity contribution in [2.75, 3.05) is 24.6 Å². The van der Waals surface area contributed by atoms with E-state index in [1.54, 1.807) is 12.1 Å². The lowest BCUT2D eigenvalue weighted by atomic mass is 9.73. The number of aryl methyl sites for hydroxylation is 1. The van der Waals surface area contributed by atoms with Crippen molar-refractivity contribution in [3.8, 4) is 17.2 Å². The van der Waals surface area contributed by atoms with Crippen molar-refractivity contribution in [2.24, 2.45) is 11.1 Å². The van der Waals surface area contributed by atoms with Crippen LogP contribution in [0.2, 0.25) is 10.0 Å². The number of rotatable bonds is 2. The normalized spacial score (nSPS) is 23.4. The molecule has 6 nitrogen and oxygen atoms in total. The monoisotopic (exact) mass is 431 g/mol. The van der Waals surface area contributed by atoms with Crippen LogP contribution < -0.4 is 10.6 Å². The van der Waals surface area contributed by atoms with Crippen LogP contribution in [0.4, 0.5) is 5.95 Å². The van der Waals surface area contributed by atoms with Crippen molar-refractivity contribution < 1.29 is 4.74 Å². The third-order valence-corrected chi connectivity index (χ3v) is 7.11. The number of halogens is 2. The molecule has 152 valence electrons. The first-order valence-corrected chi connectivity index (χ1v) is 10.5. The van der Waals surface area contributed by atoms with Crippen molar-refractivity contribution in [3.05, 3.63) is 39.6 Å². The highest BCUT2D eigenvalue weighted by atomic mass is 35.5. The lowest BCUT2D eigenvalue weighted by Gasteiger charge is -2.41. The Hall–Kier alpha value is -1.91. The highest BCUT2D eigenvalue weighted by Crippen LogP contribution is 2.42. The van der Waals surface area contributed by atoms with Gasteiger partial charge in [-0.15, -0.1) is 0 Å². The standard InChI is InChI=1S/C21H23Cl2N5O/c1-12-17(14-4-3-5-15(22)18(14)23)16(10-24)27-20(26-12)28-8-6-21(7-9-28)11-29-13(2)19(21)25/h3-5,13,19H,6-9,11,25H2,1-2H3/t13-,19+/m0/s1. The molecule has 2 aliphatic heterocycles. The molecule has 0 saturated carbocycles. The number of benzene rings is 1. The third kappa shape index (κ3) is 3.47. The van der Waals surface area contributed by atoms with Crippen LogP contribution in [0.5, 0.6) is 0 Å². The van der Waals surface area contributed by atoms with Crippen LogP contribution in [0.1, 0.15) is 31.2 Å². The molecule has 1 spiro atoms. The number of nitrogens with zero attached hydrogens (tertiary/aromatic N) is 4. The quantitative estimate of drug-likeness (QED) is 0.773. The summed E-state index contributed by atoms with van der Waals surface area (Å²) in [5, 5.41) is 10.6. The summed E-state index contributed by atoms with van der Waals surface area (Å²) in [6.07, 6.45) is 1.93. The maximum Gasteiger partial charge on any atom is 0.226 e. The highest BCUT2D eigenvalue weighted by molar-refractivity contribution is 6.43. The number of aromatic nitrogens is 2. The Morgan fingerprint density at radius 2 is 2.00 bits per heavy atom. The van der Waals surface area contributed by atoms with Gasteiger partial charge in [0.25, 0.3) is 0 Å². The molecule has 0 unspecified atom stereocenters. The van der Waals surface area contributed by atoms with Crippen molar-refractivity contribution in [1.29, 1.82) is 5.26 Å². The van der Waals surface area contributed by atoms with E-state index in [4.69, 9.17) is 38.7 Å². The lowest BCUT2D eigenvalue weighted by Crippen LogP contribution is -2.51. The molecule has 2 aliphatic rings. The molecule has 1 aromatic heterocycles. The Labute approximate surface area is 180 Å². The van der Waals surface area contributed by atoms with Gasteiger partial charge < -0.3 is 15.4 Å². The summed E-state index contributed by atoms with van der Waals surface area (Å²) in [7, 11) is 0. The molecule has 1 aromatic carbocycles. The van der Waals surface area contributed by atoms with E-state index in [-0.39, 0.29) is 17.6 Å². The molecule has 4 rings (SSSR count). The zero-order chi connectivity index (χ0) is 20.8. The van der Waals surface area contributed by atoms with Crippen LogP contribution in [0.15, 0.2) is 18.2 Å². The van der Waals surface area contributed by atoms with Gasteiger partial charge in [0, 0.05) is 35.7 Å². The van der Waals surface area contributed by atoms with Gasteiger partial charge in [-0.25, -0.2) is 9.97 Å². The molecule has 0 bridgehead atoms. The van der Waals surface area contributed by atoms with E-state index in [1.807, 2.05) is 19.9 Å². The smallest absolute Gasteiger partial charge is 0.226 e. The van der Waals surface area contributed by atoms with Gasteiger partial charge >= 0.3 is 0 Å². The number of nitriles is 1. The Kier molecular flexibility index (Phi) is 5.43. The van der Waals surface area contributed by atoms with Crippen LogP contribution in [0.25, 0.3) is 11.1 Å². The summed E-state index contributed by atoms with van der Waals surface area (Å²) < 4.78 is 5.80. The fourth-order valence-corrected chi connectivity index (χ4v) is 4.82. The Balaban J connectivity index is 1.63. The zero-order valence-electron chi connectivity index (χ0n) is 16.5. The molecule has 2 saturated heterocycles. The molecule has 2 aromatic rings. The van der Waals surface area contributed by atoms with Gasteiger partial charge in [-0.05, 0) is 32.8 Å². The minimum absolute atomic E-state index is 0.0251. The topological polar surface area (TPSA) is 88.1 Å². The number of anilines is 1. The maximum atomic E-state index is 9.75. The van der Waals surface area contributed by atoms with Crippen LogP contribution in [-0.2, 0) is 4.74 Å². The van der Waals surface area contributed by atoms with Crippen LogP contribution >= 0.6 is 23.2 Å². The average molecular weight is 432 g/mol. The third-order valence-electron chi connectivity index (χ3n) is 6.29. The predicted octanol–water partition coefficient (Wildman–Crippen LogP) is 3.96. The number of nitrogens with two attached hydrogens (primary N) is 1. The Morgan fingerprint density at radius 1 is 1.28 bits per heavy atom. The summed E-state index contributed by atoms with van der Waals surface area (Å²) in [6, 6.07) is 7.60. The first-order valence-electron chi connectivity index (χ1n) is 9.71. The first-order chi connectivity index (χ1) is 13.9. The molecular formula is C21H23Cl2N5O. The minimum Gasteiger partial charge on any atom is -0.376 e. The SMILES string of the molecule is Cc1nc(N2CCC3(CC2)CO[C@@H](C)[C@H]3N)nc(C#N)c1-c1cccc(Cl)c1Cl. The number of hydrogen-bond donors (Lipinski definition) is 1. The summed E-state index contributed by atoms with van der Waals surface area (Å²) >= 11 is 12.5. The van der Waals surface area contributed by atoms with Gasteiger partial charge in [-0.2, -0.15) is 5.26 Å². The van der Waals surface area contributed by atoms with E-state index in [9.17, 15) is 5.26 Å². The van der Waals surface area contributed by atoms with E-state index in [2.05, 4.69) is 16.0 Å². The van der Waals surface area contributed by atoms with E-state index in [1.165, 1.54) is 0 Å². The summed E-state index contributed by atoms with van der Waals surface area (Å²) in [4.78, 5) is 11.4. The second-order valence-electron chi connectivity index (χ2n) is 7.94. The molecule has 29 heavy (non-hydrogen) atoms. The molecule has 0 amide bonds. The molecular weight excluding hydrogens is 409 g/mol. The van der Waals surface area contributed by atoms with Gasteiger partial charge in [-0.1, -0.05) is 35.3 Å². The van der Waals surface area contributed by atoms with E-state index in [0.717, 1.165) is 25.9 Å². The molecule has 3 heterocycles. The van der Waals surface area contributed by atoms with Crippen molar-refractivity contribution in [1.82, 2.24) is 9.97 Å². The van der Waals surface area contributed by atoms with Crippen LogP contribution in [-0.4, -0.2) is 41.8 Å². The van der Waals surface area contributed by atoms with Crippen molar-refractivity contribution in [2.45, 2.75) is 38.8 Å². The lowest BCUT2D eigenvalue weighted by molar-refractivity contribution is 0.0973. The van der Waals surface area contributed by atoms with E-state index >= 15 is 0 Å². The molecule has 0 radical (unpaired) electrons. The largest absolute Gasteiger partial charge is 0.376 e. The molecule has 2 atom stereocenters. The second kappa shape index (κ2) is 7.73. The van der Waals surface area contributed by atoms with Gasteiger partial charge in [0.15, 0.2) is 5.69 Å². The molecule has 2 fully saturated rings. The number of hydrogen-bond acceptors (Lipinski definition) is 6. The van der Waals surface area contributed by atoms with Gasteiger partial charge in [-0.3, -0.25) is 0 Å². The first kappa shape index (κ1) is 20.4. The molecule has 0 aliphatic carbocycles. The Morgan fingerprint density at radius 3 is 2.62 bits per heavy atom. The van der Waals surface area contributed by atoms with Crippen molar-refractivity contribution in [3.63, 3.8) is 0 Å². The fraction of sp³-hybridized carbons (Fsp3) is 0.476. The van der Waals surface area contributed by atoms with Crippen LogP contribution in [0.3, 0.4) is 0 Å². The van der Waals surface area contributed by atoms with E-state index < -0.39 is 0 Å². The summed E-state index contributed by atoms with van der Waals surface area (Å²) in [6.45, 7) is 6.18. The van der Waals surface area contributed by atoms with E-state index in [0.29, 0.717) is 45.1 Å². The Bertz CT molecular complexity index is 982. The van der Waals surface area contributed by atoms with Crippen LogP contribution in [0, 0.1) is 23.7 Å².